The molecule has 1 amide bonds. The maximum absolute atomic E-state index is 13.6. The maximum Gasteiger partial charge on any atom is 0.267 e. The number of pyridine rings is 1. The molecule has 0 saturated carbocycles. The Balaban J connectivity index is 2.26. The van der Waals surface area contributed by atoms with Gasteiger partial charge in [-0.1, -0.05) is 43.7 Å². The van der Waals surface area contributed by atoms with E-state index in [1.165, 1.54) is 4.57 Å². The number of carbonyl (C=O) groups excluding carboxylic acids is 1. The molecule has 5 nitrogen and oxygen atoms in total. The smallest absolute Gasteiger partial charge is 0.267 e. The van der Waals surface area contributed by atoms with Crippen LogP contribution in [0.1, 0.15) is 44.0 Å². The first-order valence-corrected chi connectivity index (χ1v) is 10.4. The van der Waals surface area contributed by atoms with Crippen molar-refractivity contribution in [2.45, 2.75) is 33.6 Å². The Hall–Kier alpha value is -2.53. The summed E-state index contributed by atoms with van der Waals surface area (Å²) in [6.45, 7) is 6.75. The molecule has 0 aliphatic heterocycles. The van der Waals surface area contributed by atoms with Crippen molar-refractivity contribution in [1.29, 1.82) is 0 Å². The molecule has 0 N–H and O–H groups in total. The van der Waals surface area contributed by atoms with Crippen molar-refractivity contribution in [1.82, 2.24) is 9.47 Å². The summed E-state index contributed by atoms with van der Waals surface area (Å²) in [6.07, 6.45) is 7.81. The fraction of sp³-hybridized carbons (Fsp3) is 0.391. The summed E-state index contributed by atoms with van der Waals surface area (Å²) in [4.78, 5) is 28.5. The molecule has 2 aromatic rings. The standard InChI is InChI=1S/C23H27ClN2O3/c1-5-26(16-10-7-6-8-11-16)23(28)20-21(29-14-15(2)3)19-17(24)12-9-13-18(19)25(4)22(20)27/h7,9-13,15H,5-6,8,14H2,1-4H3. The van der Waals surface area contributed by atoms with Gasteiger partial charge in [-0.2, -0.15) is 0 Å². The van der Waals surface area contributed by atoms with Crippen LogP contribution >= 0.6 is 11.6 Å². The number of nitrogens with zero attached hydrogens (tertiary/aromatic N) is 2. The highest BCUT2D eigenvalue weighted by Crippen LogP contribution is 2.34. The number of allylic oxidation sites excluding steroid dienone is 3. The molecular weight excluding hydrogens is 388 g/mol. The van der Waals surface area contributed by atoms with E-state index < -0.39 is 0 Å². The molecule has 1 aliphatic carbocycles. The number of rotatable bonds is 6. The zero-order valence-corrected chi connectivity index (χ0v) is 18.1. The van der Waals surface area contributed by atoms with Gasteiger partial charge in [0.05, 0.1) is 22.5 Å². The van der Waals surface area contributed by atoms with E-state index in [4.69, 9.17) is 16.3 Å². The van der Waals surface area contributed by atoms with Gasteiger partial charge in [0.1, 0.15) is 11.3 Å². The molecule has 0 fully saturated rings. The Morgan fingerprint density at radius 2 is 2.07 bits per heavy atom. The summed E-state index contributed by atoms with van der Waals surface area (Å²) in [7, 11) is 1.65. The fourth-order valence-corrected chi connectivity index (χ4v) is 3.73. The van der Waals surface area contributed by atoms with Crippen LogP contribution in [0.5, 0.6) is 5.75 Å². The third-order valence-corrected chi connectivity index (χ3v) is 5.26. The summed E-state index contributed by atoms with van der Waals surface area (Å²) >= 11 is 6.50. The van der Waals surface area contributed by atoms with Crippen molar-refractivity contribution in [3.8, 4) is 5.75 Å². The number of ether oxygens (including phenoxy) is 1. The van der Waals surface area contributed by atoms with E-state index >= 15 is 0 Å². The molecule has 29 heavy (non-hydrogen) atoms. The van der Waals surface area contributed by atoms with Gasteiger partial charge in [0.15, 0.2) is 0 Å². The lowest BCUT2D eigenvalue weighted by atomic mass is 10.1. The van der Waals surface area contributed by atoms with Crippen LogP contribution < -0.4 is 10.3 Å². The molecule has 1 aromatic carbocycles. The van der Waals surface area contributed by atoms with Crippen LogP contribution in [0.15, 0.2) is 46.9 Å². The molecular formula is C23H27ClN2O3. The van der Waals surface area contributed by atoms with Crippen LogP contribution in [-0.4, -0.2) is 28.5 Å². The summed E-state index contributed by atoms with van der Waals surface area (Å²) in [5.74, 6) is 0.128. The Morgan fingerprint density at radius 3 is 2.69 bits per heavy atom. The fourth-order valence-electron chi connectivity index (χ4n) is 3.48. The van der Waals surface area contributed by atoms with E-state index in [1.807, 2.05) is 45.1 Å². The molecule has 0 saturated heterocycles. The van der Waals surface area contributed by atoms with E-state index in [9.17, 15) is 9.59 Å². The molecule has 0 spiro atoms. The first-order chi connectivity index (χ1) is 13.9. The highest BCUT2D eigenvalue weighted by atomic mass is 35.5. The van der Waals surface area contributed by atoms with Crippen molar-refractivity contribution in [3.63, 3.8) is 0 Å². The van der Waals surface area contributed by atoms with Crippen LogP contribution in [0.4, 0.5) is 0 Å². The Kier molecular flexibility index (Phi) is 6.48. The lowest BCUT2D eigenvalue weighted by Crippen LogP contribution is -2.36. The molecule has 3 rings (SSSR count). The van der Waals surface area contributed by atoms with Gasteiger partial charge in [-0.05, 0) is 43.9 Å². The zero-order chi connectivity index (χ0) is 21.1. The minimum absolute atomic E-state index is 0.0236. The monoisotopic (exact) mass is 414 g/mol. The van der Waals surface area contributed by atoms with Gasteiger partial charge in [-0.3, -0.25) is 9.59 Å². The Labute approximate surface area is 176 Å². The van der Waals surface area contributed by atoms with Gasteiger partial charge in [-0.15, -0.1) is 0 Å². The van der Waals surface area contributed by atoms with E-state index in [2.05, 4.69) is 0 Å². The molecule has 1 aromatic heterocycles. The molecule has 0 bridgehead atoms. The molecule has 1 aliphatic rings. The zero-order valence-electron chi connectivity index (χ0n) is 17.4. The third kappa shape index (κ3) is 4.10. The lowest BCUT2D eigenvalue weighted by molar-refractivity contribution is 0.0809. The number of halogens is 1. The summed E-state index contributed by atoms with van der Waals surface area (Å²) < 4.78 is 7.52. The van der Waals surface area contributed by atoms with Gasteiger partial charge in [-0.25, -0.2) is 0 Å². The predicted octanol–water partition coefficient (Wildman–Crippen LogP) is 4.92. The van der Waals surface area contributed by atoms with Crippen molar-refractivity contribution < 1.29 is 9.53 Å². The first kappa shape index (κ1) is 21.2. The SMILES string of the molecule is CCN(C(=O)c1c(OCC(C)C)c2c(Cl)cccc2n(C)c1=O)C1=CCCC=C1. The quantitative estimate of drug-likeness (QED) is 0.673. The number of aromatic nitrogens is 1. The first-order valence-electron chi connectivity index (χ1n) is 9.99. The second-order valence-electron chi connectivity index (χ2n) is 7.57. The number of hydrogen-bond donors (Lipinski definition) is 0. The van der Waals surface area contributed by atoms with Crippen LogP contribution in [0.2, 0.25) is 5.02 Å². The molecule has 0 unspecified atom stereocenters. The second kappa shape index (κ2) is 8.87. The van der Waals surface area contributed by atoms with Crippen LogP contribution in [0.25, 0.3) is 10.9 Å². The van der Waals surface area contributed by atoms with E-state index in [0.29, 0.717) is 29.1 Å². The minimum atomic E-state index is -0.387. The molecule has 0 atom stereocenters. The number of carbonyl (C=O) groups is 1. The number of likely N-dealkylation sites (N-methyl/N-ethyl adjacent to an activating group) is 1. The number of hydrogen-bond acceptors (Lipinski definition) is 3. The van der Waals surface area contributed by atoms with Crippen LogP contribution in [0.3, 0.4) is 0 Å². The van der Waals surface area contributed by atoms with Crippen molar-refractivity contribution >= 4 is 28.4 Å². The van der Waals surface area contributed by atoms with Gasteiger partial charge in [0.25, 0.3) is 11.5 Å². The van der Waals surface area contributed by atoms with E-state index in [0.717, 1.165) is 18.5 Å². The topological polar surface area (TPSA) is 51.5 Å². The highest BCUT2D eigenvalue weighted by Gasteiger charge is 2.28. The van der Waals surface area contributed by atoms with E-state index in [1.54, 1.807) is 24.1 Å². The number of amides is 1. The summed E-state index contributed by atoms with van der Waals surface area (Å²) in [6, 6.07) is 5.34. The number of benzene rings is 1. The van der Waals surface area contributed by atoms with Gasteiger partial charge in [0, 0.05) is 19.3 Å². The van der Waals surface area contributed by atoms with Crippen LogP contribution in [-0.2, 0) is 7.05 Å². The molecule has 6 heteroatoms. The number of aryl methyl sites for hydroxylation is 1. The van der Waals surface area contributed by atoms with Crippen molar-refractivity contribution in [2.75, 3.05) is 13.2 Å². The minimum Gasteiger partial charge on any atom is -0.492 e. The van der Waals surface area contributed by atoms with E-state index in [-0.39, 0.29) is 28.7 Å². The largest absolute Gasteiger partial charge is 0.492 e. The van der Waals surface area contributed by atoms with Crippen molar-refractivity contribution in [3.05, 3.63) is 63.1 Å². The van der Waals surface area contributed by atoms with Gasteiger partial charge < -0.3 is 14.2 Å². The Bertz CT molecular complexity index is 1050. The average Bonchev–Trinajstić information content (AvgIpc) is 2.70. The maximum atomic E-state index is 13.6. The molecule has 0 radical (unpaired) electrons. The summed E-state index contributed by atoms with van der Waals surface area (Å²) in [5.41, 5.74) is 1.08. The average molecular weight is 415 g/mol. The van der Waals surface area contributed by atoms with Gasteiger partial charge in [0.2, 0.25) is 0 Å². The number of fused-ring (bicyclic) bond motifs is 1. The Morgan fingerprint density at radius 1 is 1.31 bits per heavy atom. The highest BCUT2D eigenvalue weighted by molar-refractivity contribution is 6.36. The normalized spacial score (nSPS) is 13.7. The third-order valence-electron chi connectivity index (χ3n) is 4.95. The van der Waals surface area contributed by atoms with Gasteiger partial charge >= 0.3 is 0 Å². The summed E-state index contributed by atoms with van der Waals surface area (Å²) in [5, 5.41) is 1.04. The molecule has 1 heterocycles. The second-order valence-corrected chi connectivity index (χ2v) is 7.97. The predicted molar refractivity (Wildman–Crippen MR) is 118 cm³/mol. The van der Waals surface area contributed by atoms with Crippen molar-refractivity contribution in [2.24, 2.45) is 13.0 Å². The van der Waals surface area contributed by atoms with Crippen LogP contribution in [0, 0.1) is 5.92 Å². The lowest BCUT2D eigenvalue weighted by Gasteiger charge is -2.25. The molecule has 154 valence electrons.